The predicted octanol–water partition coefficient (Wildman–Crippen LogP) is 3.74. The lowest BCUT2D eigenvalue weighted by atomic mass is 9.89. The topological polar surface area (TPSA) is 479 Å². The Hall–Kier alpha value is -11.5. The van der Waals surface area contributed by atoms with Crippen molar-refractivity contribution in [2.75, 3.05) is 0 Å². The Morgan fingerprint density at radius 3 is 1.80 bits per heavy atom. The molecule has 19 N–H and O–H groups in total. The van der Waals surface area contributed by atoms with Crippen LogP contribution < -0.4 is 62.9 Å². The minimum atomic E-state index is -2.24. The lowest BCUT2D eigenvalue weighted by Gasteiger charge is -2.31. The second-order valence-electron chi connectivity index (χ2n) is 22.2. The molecule has 17 bridgehead atoms. The SMILES string of the molecule is NC(=O)CC[C@@H](N)C(=O)N[C@H]1C(=O)N[C@@H]2Cc3ccc(c(Cl)c3)Oc3cc4cc(c3O)Oc3ccc(cc3Cl)[C@@H](O)[C@@H]3NC(=O)[C@H](NC(=O)[C@@H]4NC(=O)[C@@H](NC2=O)c2cc(O)cc(c2)Oc2cc1ccc2O)c1ccc(O)c(c1)-c1c(O)cc(O)cc1[C@@H](C(=O)O)NC3=O. The van der Waals surface area contributed by atoms with Crippen molar-refractivity contribution < 1.29 is 98.2 Å². The summed E-state index contributed by atoms with van der Waals surface area (Å²) in [5.41, 5.74) is 8.87. The molecule has 0 fully saturated rings. The fourth-order valence-electron chi connectivity index (χ4n) is 11.0. The molecule has 94 heavy (non-hydrogen) atoms. The molecule has 6 aliphatic rings. The zero-order valence-corrected chi connectivity index (χ0v) is 49.7. The van der Waals surface area contributed by atoms with E-state index in [2.05, 4.69) is 37.2 Å². The zero-order valence-electron chi connectivity index (χ0n) is 48.2. The van der Waals surface area contributed by atoms with Crippen LogP contribution in [0.5, 0.6) is 69.0 Å². The highest BCUT2D eigenvalue weighted by Crippen LogP contribution is 2.48. The summed E-state index contributed by atoms with van der Waals surface area (Å²) in [6.45, 7) is 0. The van der Waals surface area contributed by atoms with Crippen LogP contribution in [0.4, 0.5) is 0 Å². The van der Waals surface area contributed by atoms with Crippen LogP contribution >= 0.6 is 23.2 Å². The quantitative estimate of drug-likeness (QED) is 0.113. The number of aliphatic hydroxyl groups excluding tert-OH is 1. The highest BCUT2D eigenvalue weighted by Gasteiger charge is 2.42. The monoisotopic (exact) mass is 1330 g/mol. The number of carbonyl (C=O) groups excluding carboxylic acids is 8. The number of halogens is 2. The number of benzene rings is 7. The predicted molar refractivity (Wildman–Crippen MR) is 325 cm³/mol. The first kappa shape index (κ1) is 64.0. The van der Waals surface area contributed by atoms with Crippen LogP contribution in [-0.4, -0.2) is 112 Å². The molecule has 0 unspecified atom stereocenters. The summed E-state index contributed by atoms with van der Waals surface area (Å²) in [5, 5.41) is 108. The van der Waals surface area contributed by atoms with E-state index in [1.165, 1.54) is 30.3 Å². The van der Waals surface area contributed by atoms with E-state index >= 15 is 19.2 Å². The highest BCUT2D eigenvalue weighted by atomic mass is 35.5. The summed E-state index contributed by atoms with van der Waals surface area (Å²) in [6, 6.07) is 5.14. The van der Waals surface area contributed by atoms with Gasteiger partial charge >= 0.3 is 5.97 Å². The number of aliphatic hydroxyl groups is 1. The summed E-state index contributed by atoms with van der Waals surface area (Å²) < 4.78 is 18.5. The number of carboxylic acids is 1. The normalized spacial score (nSPS) is 21.3. The largest absolute Gasteiger partial charge is 0.508 e. The smallest absolute Gasteiger partial charge is 0.330 e. The fraction of sp³-hybridized carbons (Fsp3) is 0.190. The van der Waals surface area contributed by atoms with Crippen molar-refractivity contribution in [1.82, 2.24) is 37.2 Å². The third-order valence-corrected chi connectivity index (χ3v) is 16.3. The fourth-order valence-corrected chi connectivity index (χ4v) is 11.5. The average molecular weight is 1330 g/mol. The number of amides is 8. The number of carbonyl (C=O) groups is 9. The summed E-state index contributed by atoms with van der Waals surface area (Å²) in [5.74, 6) is -17.9. The molecule has 0 aromatic heterocycles. The Morgan fingerprint density at radius 1 is 0.553 bits per heavy atom. The van der Waals surface area contributed by atoms with Crippen molar-refractivity contribution in [3.8, 4) is 80.1 Å². The molecule has 0 saturated carbocycles. The maximum atomic E-state index is 15.8. The van der Waals surface area contributed by atoms with E-state index in [-0.39, 0.29) is 73.5 Å². The number of carboxylic acid groups (broad SMARTS) is 1. The van der Waals surface area contributed by atoms with E-state index in [1.807, 2.05) is 0 Å². The van der Waals surface area contributed by atoms with E-state index in [9.17, 15) is 64.8 Å². The summed E-state index contributed by atoms with van der Waals surface area (Å²) in [6.07, 6.45) is -3.21. The highest BCUT2D eigenvalue weighted by molar-refractivity contribution is 6.32. The molecule has 0 spiro atoms. The molecule has 31 heteroatoms. The van der Waals surface area contributed by atoms with Crippen LogP contribution in [0.15, 0.2) is 115 Å². The van der Waals surface area contributed by atoms with Gasteiger partial charge < -0.3 is 104 Å². The van der Waals surface area contributed by atoms with Crippen LogP contribution in [0, 0.1) is 0 Å². The lowest BCUT2D eigenvalue weighted by Crippen LogP contribution is -2.55. The number of nitrogens with one attached hydrogen (secondary N) is 7. The summed E-state index contributed by atoms with van der Waals surface area (Å²) in [4.78, 5) is 130. The number of rotatable bonds is 6. The van der Waals surface area contributed by atoms with Crippen LogP contribution in [0.2, 0.25) is 10.0 Å². The molecule has 7 aromatic rings. The number of phenolic OH excluding ortho intramolecular Hbond substituents is 6. The minimum absolute atomic E-state index is 0.0653. The molecule has 6 aliphatic heterocycles. The Morgan fingerprint density at radius 2 is 1.14 bits per heavy atom. The van der Waals surface area contributed by atoms with E-state index in [1.54, 1.807) is 0 Å². The number of ether oxygens (including phenoxy) is 3. The average Bonchev–Trinajstić information content (AvgIpc) is 0.777. The maximum absolute atomic E-state index is 15.8. The van der Waals surface area contributed by atoms with E-state index in [4.69, 9.17) is 48.9 Å². The number of aliphatic carboxylic acids is 1. The van der Waals surface area contributed by atoms with E-state index in [0.717, 1.165) is 84.9 Å². The number of hydrogen-bond acceptors (Lipinski definition) is 20. The first-order valence-corrected chi connectivity index (χ1v) is 29.1. The third-order valence-electron chi connectivity index (χ3n) is 15.7. The van der Waals surface area contributed by atoms with Gasteiger partial charge in [0.15, 0.2) is 29.0 Å². The van der Waals surface area contributed by atoms with Gasteiger partial charge in [-0.15, -0.1) is 0 Å². The van der Waals surface area contributed by atoms with Gasteiger partial charge in [0.1, 0.15) is 82.6 Å². The van der Waals surface area contributed by atoms with Crippen molar-refractivity contribution in [2.45, 2.75) is 73.7 Å². The van der Waals surface area contributed by atoms with Crippen LogP contribution in [0.3, 0.4) is 0 Å². The summed E-state index contributed by atoms with van der Waals surface area (Å²) >= 11 is 13.7. The number of phenols is 6. The molecule has 0 radical (unpaired) electrons. The van der Waals surface area contributed by atoms with Gasteiger partial charge in [-0.3, -0.25) is 38.4 Å². The third kappa shape index (κ3) is 13.0. The standard InChI is InChI=1S/C63H53Cl2N9O20/c64-34-11-23-1-8-41(34)93-44-18-28-19-45(55(44)82)94-42-9-4-26(16-35(42)65)54(81)53-62(89)73-52(63(90)91)33-21-30(76)22-40(79)47(33)32-15-24(2-6-38(32)77)48(59(86)74-53)71-61(88)51(28)72-60(87)50-27-13-29(75)20-31(14-27)92-43-17-25(3-7-39(43)78)49(58(85)68-37(12-23)57(84)70-50)69-56(83)36(66)5-10-46(67)80/h1-4,6-9,11,13-22,36-37,48-54,75-79,81-82H,5,10,12,66H2,(H2,67,80)(H,68,85)(H,69,83)(H,70,84)(H,71,88)(H,72,87)(H,73,89)(H,74,86)(H,90,91)/t36-,37-,48-,49-,50+,51-,52+,53+,54-/m1/s1. The second-order valence-corrected chi connectivity index (χ2v) is 23.0. The first-order chi connectivity index (χ1) is 44.7. The molecule has 0 aliphatic carbocycles. The number of primary amides is 1. The molecule has 6 heterocycles. The van der Waals surface area contributed by atoms with Gasteiger partial charge in [0.25, 0.3) is 0 Å². The Balaban J connectivity index is 1.11. The second kappa shape index (κ2) is 25.6. The van der Waals surface area contributed by atoms with Crippen molar-refractivity contribution >= 4 is 76.4 Å². The molecule has 29 nitrogen and oxygen atoms in total. The lowest BCUT2D eigenvalue weighted by molar-refractivity contribution is -0.143. The number of hydrogen-bond donors (Lipinski definition) is 17. The zero-order chi connectivity index (χ0) is 67.3. The molecule has 7 aromatic carbocycles. The van der Waals surface area contributed by atoms with Gasteiger partial charge in [0.05, 0.1) is 16.1 Å². The van der Waals surface area contributed by atoms with Gasteiger partial charge in [-0.2, -0.15) is 0 Å². The van der Waals surface area contributed by atoms with E-state index in [0.29, 0.717) is 0 Å². The van der Waals surface area contributed by atoms with E-state index < -0.39 is 183 Å². The molecule has 9 atom stereocenters. The van der Waals surface area contributed by atoms with Gasteiger partial charge in [-0.25, -0.2) is 4.79 Å². The Labute approximate surface area is 539 Å². The van der Waals surface area contributed by atoms with Crippen LogP contribution in [-0.2, 0) is 49.6 Å². The van der Waals surface area contributed by atoms with Gasteiger partial charge in [-0.05, 0) is 119 Å². The van der Waals surface area contributed by atoms with Crippen molar-refractivity contribution in [3.63, 3.8) is 0 Å². The number of fused-ring (bicyclic) bond motifs is 14. The molecule has 13 rings (SSSR count). The van der Waals surface area contributed by atoms with Gasteiger partial charge in [-0.1, -0.05) is 47.5 Å². The molecule has 8 amide bonds. The van der Waals surface area contributed by atoms with Crippen LogP contribution in [0.25, 0.3) is 11.1 Å². The van der Waals surface area contributed by atoms with Crippen LogP contribution in [0.1, 0.15) is 88.1 Å². The Bertz CT molecular complexity index is 4380. The van der Waals surface area contributed by atoms with Crippen molar-refractivity contribution in [3.05, 3.63) is 164 Å². The summed E-state index contributed by atoms with van der Waals surface area (Å²) in [7, 11) is 0. The van der Waals surface area contributed by atoms with Crippen molar-refractivity contribution in [1.29, 1.82) is 0 Å². The van der Waals surface area contributed by atoms with Gasteiger partial charge in [0.2, 0.25) is 53.0 Å². The number of aromatic hydroxyl groups is 6. The molecular formula is C63H53Cl2N9O20. The van der Waals surface area contributed by atoms with Gasteiger partial charge in [0, 0.05) is 41.7 Å². The number of nitrogens with two attached hydrogens (primary N) is 2. The maximum Gasteiger partial charge on any atom is 0.330 e. The van der Waals surface area contributed by atoms with Crippen molar-refractivity contribution in [2.24, 2.45) is 11.5 Å². The Kier molecular flexibility index (Phi) is 17.5. The first-order valence-electron chi connectivity index (χ1n) is 28.3. The minimum Gasteiger partial charge on any atom is -0.508 e. The molecular weight excluding hydrogens is 1270 g/mol. The molecule has 484 valence electrons. The molecule has 0 saturated heterocycles.